The maximum absolute atomic E-state index is 15.4. The van der Waals surface area contributed by atoms with E-state index in [2.05, 4.69) is 30.5 Å². The number of anilines is 3. The van der Waals surface area contributed by atoms with Crippen LogP contribution < -0.4 is 16.4 Å². The van der Waals surface area contributed by atoms with Crippen molar-refractivity contribution in [2.24, 2.45) is 0 Å². The molecule has 1 aliphatic heterocycles. The monoisotopic (exact) mass is 555 g/mol. The Morgan fingerprint density at radius 3 is 2.73 bits per heavy atom. The van der Waals surface area contributed by atoms with E-state index in [1.54, 1.807) is 12.1 Å². The lowest BCUT2D eigenvalue weighted by Gasteiger charge is -2.38. The summed E-state index contributed by atoms with van der Waals surface area (Å²) in [5.74, 6) is -0.0931. The van der Waals surface area contributed by atoms with Crippen LogP contribution in [0.25, 0.3) is 33.4 Å². The van der Waals surface area contributed by atoms with Gasteiger partial charge in [-0.25, -0.2) is 19.0 Å². The molecule has 7 rings (SSSR count). The number of carbonyl (C=O) groups excluding carboxylic acids is 1. The van der Waals surface area contributed by atoms with E-state index in [0.29, 0.717) is 58.3 Å². The van der Waals surface area contributed by atoms with Crippen LogP contribution in [0.15, 0.2) is 47.1 Å². The van der Waals surface area contributed by atoms with Crippen LogP contribution in [0.4, 0.5) is 21.9 Å². The number of nitrogen functional groups attached to an aromatic ring is 1. The molecule has 1 aliphatic carbocycles. The number of rotatable bonds is 5. The highest BCUT2D eigenvalue weighted by molar-refractivity contribution is 5.98. The summed E-state index contributed by atoms with van der Waals surface area (Å²) in [6, 6.07) is 11.2. The highest BCUT2D eigenvalue weighted by atomic mass is 19.1. The van der Waals surface area contributed by atoms with Crippen molar-refractivity contribution in [2.75, 3.05) is 30.7 Å². The SMILES string of the molecule is Cc1ccc2oc(Nc3ccc(-c4nn([C@H]5CC[C@@H](N6CCNC(=O)C6)CC5)c5ncnc(N)c45)cc3F)nc2c1. The summed E-state index contributed by atoms with van der Waals surface area (Å²) in [6.45, 7) is 4.00. The lowest BCUT2D eigenvalue weighted by molar-refractivity contribution is -0.125. The molecule has 0 radical (unpaired) electrons. The third kappa shape index (κ3) is 4.73. The minimum Gasteiger partial charge on any atom is -0.423 e. The molecule has 11 nitrogen and oxygen atoms in total. The highest BCUT2D eigenvalue weighted by Gasteiger charge is 2.31. The van der Waals surface area contributed by atoms with E-state index in [1.807, 2.05) is 29.8 Å². The van der Waals surface area contributed by atoms with E-state index in [0.717, 1.165) is 37.8 Å². The Hall–Kier alpha value is -4.58. The number of piperazine rings is 1. The Labute approximate surface area is 234 Å². The predicted molar refractivity (Wildman–Crippen MR) is 153 cm³/mol. The zero-order valence-electron chi connectivity index (χ0n) is 22.6. The number of nitrogens with one attached hydrogen (secondary N) is 2. The van der Waals surface area contributed by atoms with Crippen LogP contribution in [-0.2, 0) is 4.79 Å². The first-order valence-electron chi connectivity index (χ1n) is 13.9. The molecule has 210 valence electrons. The lowest BCUT2D eigenvalue weighted by atomic mass is 9.90. The Bertz CT molecular complexity index is 1770. The molecular formula is C29H30FN9O2. The van der Waals surface area contributed by atoms with E-state index in [-0.39, 0.29) is 23.7 Å². The van der Waals surface area contributed by atoms with E-state index >= 15 is 4.39 Å². The third-order valence-electron chi connectivity index (χ3n) is 8.14. The number of nitrogens with zero attached hydrogens (tertiary/aromatic N) is 6. The summed E-state index contributed by atoms with van der Waals surface area (Å²) >= 11 is 0. The van der Waals surface area contributed by atoms with Crippen LogP contribution >= 0.6 is 0 Å². The molecule has 3 aromatic heterocycles. The van der Waals surface area contributed by atoms with Gasteiger partial charge in [-0.3, -0.25) is 9.69 Å². The van der Waals surface area contributed by atoms with Gasteiger partial charge in [0.05, 0.1) is 23.7 Å². The molecule has 12 heteroatoms. The van der Waals surface area contributed by atoms with E-state index in [4.69, 9.17) is 15.2 Å². The van der Waals surface area contributed by atoms with E-state index in [9.17, 15) is 4.79 Å². The zero-order valence-corrected chi connectivity index (χ0v) is 22.6. The molecule has 0 bridgehead atoms. The first-order chi connectivity index (χ1) is 19.9. The number of hydrogen-bond acceptors (Lipinski definition) is 9. The Morgan fingerprint density at radius 2 is 1.93 bits per heavy atom. The van der Waals surface area contributed by atoms with Crippen molar-refractivity contribution >= 4 is 45.6 Å². The number of aryl methyl sites for hydroxylation is 1. The molecule has 2 aliphatic rings. The van der Waals surface area contributed by atoms with Crippen LogP contribution in [0.3, 0.4) is 0 Å². The van der Waals surface area contributed by atoms with Crippen LogP contribution in [0, 0.1) is 12.7 Å². The molecule has 4 heterocycles. The fourth-order valence-electron chi connectivity index (χ4n) is 6.06. The standard InChI is InChI=1S/C29H30FN9O2/c1-16-2-9-23-22(12-16)36-29(41-23)35-21-8-3-17(13-20(21)30)26-25-27(31)33-15-34-28(25)39(37-26)19-6-4-18(5-7-19)38-11-10-32-24(40)14-38/h2-3,8-9,12-13,15,18-19H,4-7,10-11,14H2,1H3,(H,32,40)(H,35,36)(H2,31,33,34)/t18-,19+. The van der Waals surface area contributed by atoms with E-state index in [1.165, 1.54) is 12.4 Å². The van der Waals surface area contributed by atoms with Crippen molar-refractivity contribution in [3.8, 4) is 11.3 Å². The normalized spacial score (nSPS) is 20.0. The van der Waals surface area contributed by atoms with Gasteiger partial charge >= 0.3 is 0 Å². The quantitative estimate of drug-likeness (QED) is 0.289. The second-order valence-electron chi connectivity index (χ2n) is 10.8. The molecule has 1 saturated carbocycles. The molecule has 4 N–H and O–H groups in total. The molecule has 2 aromatic carbocycles. The molecule has 5 aromatic rings. The van der Waals surface area contributed by atoms with Crippen molar-refractivity contribution in [3.05, 3.63) is 54.1 Å². The van der Waals surface area contributed by atoms with Gasteiger partial charge in [0, 0.05) is 24.7 Å². The smallest absolute Gasteiger partial charge is 0.300 e. The molecule has 0 atom stereocenters. The summed E-state index contributed by atoms with van der Waals surface area (Å²) in [7, 11) is 0. The number of carbonyl (C=O) groups is 1. The molecule has 1 saturated heterocycles. The molecule has 0 unspecified atom stereocenters. The number of hydrogen-bond donors (Lipinski definition) is 3. The minimum absolute atomic E-state index is 0.0886. The molecular weight excluding hydrogens is 525 g/mol. The molecule has 0 spiro atoms. The summed E-state index contributed by atoms with van der Waals surface area (Å²) in [5.41, 5.74) is 10.7. The topological polar surface area (TPSA) is 140 Å². The highest BCUT2D eigenvalue weighted by Crippen LogP contribution is 2.38. The van der Waals surface area contributed by atoms with Crippen LogP contribution in [0.2, 0.25) is 0 Å². The second-order valence-corrected chi connectivity index (χ2v) is 10.8. The van der Waals surface area contributed by atoms with Gasteiger partial charge in [0.2, 0.25) is 5.91 Å². The van der Waals surface area contributed by atoms with Crippen molar-refractivity contribution in [1.29, 1.82) is 0 Å². The van der Waals surface area contributed by atoms with Crippen LogP contribution in [-0.4, -0.2) is 61.2 Å². The zero-order chi connectivity index (χ0) is 28.1. The number of aromatic nitrogens is 5. The van der Waals surface area contributed by atoms with Crippen molar-refractivity contribution in [3.63, 3.8) is 0 Å². The summed E-state index contributed by atoms with van der Waals surface area (Å²) in [4.78, 5) is 27.3. The van der Waals surface area contributed by atoms with Gasteiger partial charge in [0.15, 0.2) is 11.2 Å². The van der Waals surface area contributed by atoms with Gasteiger partial charge < -0.3 is 20.8 Å². The predicted octanol–water partition coefficient (Wildman–Crippen LogP) is 4.32. The summed E-state index contributed by atoms with van der Waals surface area (Å²) in [6.07, 6.45) is 5.14. The fourth-order valence-corrected chi connectivity index (χ4v) is 6.06. The Kier molecular flexibility index (Phi) is 6.26. The maximum atomic E-state index is 15.4. The van der Waals surface area contributed by atoms with Gasteiger partial charge in [0.1, 0.15) is 29.2 Å². The van der Waals surface area contributed by atoms with Crippen molar-refractivity contribution in [1.82, 2.24) is 34.9 Å². The maximum Gasteiger partial charge on any atom is 0.300 e. The van der Waals surface area contributed by atoms with Gasteiger partial charge in [-0.15, -0.1) is 0 Å². The largest absolute Gasteiger partial charge is 0.423 e. The van der Waals surface area contributed by atoms with Gasteiger partial charge in [-0.05, 0) is 62.4 Å². The number of nitrogens with two attached hydrogens (primary N) is 1. The molecule has 2 fully saturated rings. The average molecular weight is 556 g/mol. The number of benzene rings is 2. The average Bonchev–Trinajstić information content (AvgIpc) is 3.56. The molecule has 41 heavy (non-hydrogen) atoms. The van der Waals surface area contributed by atoms with E-state index < -0.39 is 5.82 Å². The second kappa shape index (κ2) is 10.1. The van der Waals surface area contributed by atoms with Crippen LogP contribution in [0.5, 0.6) is 0 Å². The fraction of sp³-hybridized carbons (Fsp3) is 0.345. The first-order valence-corrected chi connectivity index (χ1v) is 13.9. The van der Waals surface area contributed by atoms with Gasteiger partial charge in [-0.2, -0.15) is 10.1 Å². The van der Waals surface area contributed by atoms with Gasteiger partial charge in [0.25, 0.3) is 6.01 Å². The lowest BCUT2D eigenvalue weighted by Crippen LogP contribution is -2.52. The van der Waals surface area contributed by atoms with Crippen molar-refractivity contribution in [2.45, 2.75) is 44.7 Å². The van der Waals surface area contributed by atoms with Gasteiger partial charge in [-0.1, -0.05) is 12.1 Å². The van der Waals surface area contributed by atoms with Crippen LogP contribution in [0.1, 0.15) is 37.3 Å². The third-order valence-corrected chi connectivity index (χ3v) is 8.14. The van der Waals surface area contributed by atoms with Crippen molar-refractivity contribution < 1.29 is 13.6 Å². The number of oxazole rings is 1. The Balaban J connectivity index is 1.15. The minimum atomic E-state index is -0.481. The number of amides is 1. The number of fused-ring (bicyclic) bond motifs is 2. The number of halogens is 1. The summed E-state index contributed by atoms with van der Waals surface area (Å²) < 4.78 is 23.0. The first kappa shape index (κ1) is 25.4. The Morgan fingerprint density at radius 1 is 1.10 bits per heavy atom. The molecule has 1 amide bonds. The summed E-state index contributed by atoms with van der Waals surface area (Å²) in [5, 5.41) is 11.4.